The van der Waals surface area contributed by atoms with Crippen LogP contribution in [0.15, 0.2) is 36.4 Å². The third kappa shape index (κ3) is 5.90. The lowest BCUT2D eigenvalue weighted by Crippen LogP contribution is -2.21. The molecular formula is C27H30Cl2N6O2S. The molecule has 0 amide bonds. The number of thiocarbonyl (C=S) groups is 1. The molecule has 0 bridgehead atoms. The van der Waals surface area contributed by atoms with Crippen LogP contribution in [0.25, 0.3) is 0 Å². The minimum Gasteiger partial charge on any atom is -0.493 e. The first-order valence-corrected chi connectivity index (χ1v) is 13.1. The van der Waals surface area contributed by atoms with Gasteiger partial charge in [-0.15, -0.1) is 0 Å². The van der Waals surface area contributed by atoms with Crippen LogP contribution < -0.4 is 20.1 Å². The second-order valence-corrected chi connectivity index (χ2v) is 10.1. The van der Waals surface area contributed by atoms with E-state index in [-0.39, 0.29) is 0 Å². The number of aryl methyl sites for hydroxylation is 2. The number of methoxy groups -OCH3 is 2. The second-order valence-electron chi connectivity index (χ2n) is 8.92. The van der Waals surface area contributed by atoms with Gasteiger partial charge in [-0.05, 0) is 75.3 Å². The van der Waals surface area contributed by atoms with Crippen molar-refractivity contribution in [1.29, 1.82) is 0 Å². The summed E-state index contributed by atoms with van der Waals surface area (Å²) in [5.41, 5.74) is 7.37. The summed E-state index contributed by atoms with van der Waals surface area (Å²) in [4.78, 5) is 0. The van der Waals surface area contributed by atoms with E-state index in [2.05, 4.69) is 15.7 Å². The van der Waals surface area contributed by atoms with Gasteiger partial charge < -0.3 is 20.1 Å². The van der Waals surface area contributed by atoms with E-state index in [4.69, 9.17) is 50.0 Å². The summed E-state index contributed by atoms with van der Waals surface area (Å²) < 4.78 is 14.6. The zero-order chi connectivity index (χ0) is 27.6. The molecule has 2 N–H and O–H groups in total. The highest BCUT2D eigenvalue weighted by molar-refractivity contribution is 7.80. The SMILES string of the molecule is COc1ccc(Cn2nc(C)c(NC(=S)Nc3c(C)nn(Cc4ccc(Cl)c(Cl)c4)c3C)c2C)cc1OC. The molecule has 11 heteroatoms. The second kappa shape index (κ2) is 11.6. The average Bonchev–Trinajstić information content (AvgIpc) is 3.30. The number of hydrogen-bond acceptors (Lipinski definition) is 5. The number of hydrogen-bond donors (Lipinski definition) is 2. The quantitative estimate of drug-likeness (QED) is 0.232. The van der Waals surface area contributed by atoms with E-state index in [1.165, 1.54) is 0 Å². The predicted molar refractivity (Wildman–Crippen MR) is 157 cm³/mol. The van der Waals surface area contributed by atoms with Crippen molar-refractivity contribution >= 4 is 51.9 Å². The molecule has 0 atom stereocenters. The highest BCUT2D eigenvalue weighted by Crippen LogP contribution is 2.29. The maximum absolute atomic E-state index is 6.18. The molecule has 38 heavy (non-hydrogen) atoms. The van der Waals surface area contributed by atoms with Crippen LogP contribution in [0.5, 0.6) is 11.5 Å². The Balaban J connectivity index is 1.48. The van der Waals surface area contributed by atoms with Crippen molar-refractivity contribution in [3.8, 4) is 11.5 Å². The first-order chi connectivity index (χ1) is 18.1. The molecule has 4 rings (SSSR count). The molecule has 2 aromatic heterocycles. The van der Waals surface area contributed by atoms with Crippen molar-refractivity contribution < 1.29 is 9.47 Å². The lowest BCUT2D eigenvalue weighted by atomic mass is 10.2. The van der Waals surface area contributed by atoms with Crippen molar-refractivity contribution in [2.45, 2.75) is 40.8 Å². The van der Waals surface area contributed by atoms with Crippen LogP contribution in [-0.2, 0) is 13.1 Å². The first kappa shape index (κ1) is 27.8. The maximum atomic E-state index is 6.18. The fraction of sp³-hybridized carbons (Fsp3) is 0.296. The Morgan fingerprint density at radius 2 is 1.26 bits per heavy atom. The zero-order valence-corrected chi connectivity index (χ0v) is 24.5. The van der Waals surface area contributed by atoms with Crippen LogP contribution in [0.2, 0.25) is 10.0 Å². The first-order valence-electron chi connectivity index (χ1n) is 11.9. The van der Waals surface area contributed by atoms with Gasteiger partial charge in [0.15, 0.2) is 16.6 Å². The van der Waals surface area contributed by atoms with Gasteiger partial charge in [0.2, 0.25) is 0 Å². The van der Waals surface area contributed by atoms with Crippen molar-refractivity contribution in [1.82, 2.24) is 19.6 Å². The number of nitrogens with one attached hydrogen (secondary N) is 2. The Labute approximate surface area is 237 Å². The lowest BCUT2D eigenvalue weighted by Gasteiger charge is -2.13. The van der Waals surface area contributed by atoms with E-state index in [0.717, 1.165) is 45.3 Å². The number of nitrogens with zero attached hydrogens (tertiary/aromatic N) is 4. The van der Waals surface area contributed by atoms with Gasteiger partial charge in [-0.1, -0.05) is 35.3 Å². The minimum absolute atomic E-state index is 0.460. The van der Waals surface area contributed by atoms with E-state index in [9.17, 15) is 0 Å². The molecule has 0 radical (unpaired) electrons. The van der Waals surface area contributed by atoms with Crippen molar-refractivity contribution in [2.75, 3.05) is 24.9 Å². The Hall–Kier alpha value is -3.27. The predicted octanol–water partition coefficient (Wildman–Crippen LogP) is 6.54. The van der Waals surface area contributed by atoms with Crippen LogP contribution >= 0.6 is 35.4 Å². The summed E-state index contributed by atoms with van der Waals surface area (Å²) in [5, 5.41) is 17.6. The molecule has 0 unspecified atom stereocenters. The maximum Gasteiger partial charge on any atom is 0.175 e. The Morgan fingerprint density at radius 1 is 0.763 bits per heavy atom. The third-order valence-electron chi connectivity index (χ3n) is 6.34. The van der Waals surface area contributed by atoms with Gasteiger partial charge in [-0.3, -0.25) is 9.36 Å². The summed E-state index contributed by atoms with van der Waals surface area (Å²) in [7, 11) is 3.25. The number of halogens is 2. The van der Waals surface area contributed by atoms with E-state index >= 15 is 0 Å². The highest BCUT2D eigenvalue weighted by Gasteiger charge is 2.17. The summed E-state index contributed by atoms with van der Waals surface area (Å²) in [6, 6.07) is 11.4. The molecule has 0 aliphatic rings. The molecule has 2 aromatic carbocycles. The van der Waals surface area contributed by atoms with Gasteiger partial charge in [0, 0.05) is 0 Å². The van der Waals surface area contributed by atoms with Crippen LogP contribution in [0, 0.1) is 27.7 Å². The molecule has 0 saturated heterocycles. The van der Waals surface area contributed by atoms with Crippen LogP contribution in [0.1, 0.15) is 33.9 Å². The largest absolute Gasteiger partial charge is 0.493 e. The molecule has 4 aromatic rings. The normalized spacial score (nSPS) is 10.9. The summed E-state index contributed by atoms with van der Waals surface area (Å²) in [5.74, 6) is 1.37. The summed E-state index contributed by atoms with van der Waals surface area (Å²) >= 11 is 17.9. The Kier molecular flexibility index (Phi) is 8.50. The summed E-state index contributed by atoms with van der Waals surface area (Å²) in [6.45, 7) is 9.05. The highest BCUT2D eigenvalue weighted by atomic mass is 35.5. The topological polar surface area (TPSA) is 78.2 Å². The van der Waals surface area contributed by atoms with Gasteiger partial charge in [0.25, 0.3) is 0 Å². The monoisotopic (exact) mass is 572 g/mol. The van der Waals surface area contributed by atoms with E-state index in [1.54, 1.807) is 20.3 Å². The van der Waals surface area contributed by atoms with Crippen molar-refractivity contribution in [3.05, 3.63) is 80.3 Å². The fourth-order valence-electron chi connectivity index (χ4n) is 4.28. The van der Waals surface area contributed by atoms with Gasteiger partial charge in [-0.25, -0.2) is 0 Å². The molecule has 2 heterocycles. The van der Waals surface area contributed by atoms with Gasteiger partial charge in [0.05, 0.1) is 71.5 Å². The number of benzene rings is 2. The molecule has 0 fully saturated rings. The number of rotatable bonds is 8. The average molecular weight is 574 g/mol. The molecule has 0 saturated carbocycles. The number of aromatic nitrogens is 4. The summed E-state index contributed by atoms with van der Waals surface area (Å²) in [6.07, 6.45) is 0. The fourth-order valence-corrected chi connectivity index (χ4v) is 4.81. The Bertz CT molecular complexity index is 1500. The van der Waals surface area contributed by atoms with E-state index in [1.807, 2.05) is 67.4 Å². The third-order valence-corrected chi connectivity index (χ3v) is 7.28. The molecule has 200 valence electrons. The lowest BCUT2D eigenvalue weighted by molar-refractivity contribution is 0.354. The Morgan fingerprint density at radius 3 is 1.76 bits per heavy atom. The van der Waals surface area contributed by atoms with Crippen LogP contribution in [0.4, 0.5) is 11.4 Å². The van der Waals surface area contributed by atoms with Crippen LogP contribution in [0.3, 0.4) is 0 Å². The van der Waals surface area contributed by atoms with Crippen molar-refractivity contribution in [2.24, 2.45) is 0 Å². The van der Waals surface area contributed by atoms with Gasteiger partial charge in [-0.2, -0.15) is 10.2 Å². The van der Waals surface area contributed by atoms with Gasteiger partial charge in [0.1, 0.15) is 0 Å². The number of anilines is 2. The molecular weight excluding hydrogens is 543 g/mol. The zero-order valence-electron chi connectivity index (χ0n) is 22.1. The standard InChI is InChI=1S/C27H30Cl2N6O2S/c1-15-25(17(3)34(32-15)13-19-7-9-21(28)22(29)11-19)30-27(38)31-26-16(2)33-35(18(26)4)14-20-8-10-23(36-5)24(12-20)37-6/h7-12H,13-14H2,1-6H3,(H2,30,31,38). The van der Waals surface area contributed by atoms with Crippen LogP contribution in [-0.4, -0.2) is 38.9 Å². The van der Waals surface area contributed by atoms with Gasteiger partial charge >= 0.3 is 0 Å². The smallest absolute Gasteiger partial charge is 0.175 e. The molecule has 0 spiro atoms. The molecule has 0 aliphatic carbocycles. The van der Waals surface area contributed by atoms with Crippen molar-refractivity contribution in [3.63, 3.8) is 0 Å². The molecule has 0 aliphatic heterocycles. The molecule has 8 nitrogen and oxygen atoms in total. The minimum atomic E-state index is 0.460. The number of ether oxygens (including phenoxy) is 2. The van der Waals surface area contributed by atoms with E-state index < -0.39 is 0 Å². The van der Waals surface area contributed by atoms with E-state index in [0.29, 0.717) is 39.7 Å².